The Kier molecular flexibility index (Phi) is 6.90. The number of carbonyl (C=O) groups is 1. The molecule has 156 valence electrons. The van der Waals surface area contributed by atoms with Crippen molar-refractivity contribution in [2.45, 2.75) is 24.8 Å². The summed E-state index contributed by atoms with van der Waals surface area (Å²) in [7, 11) is -2.27. The maximum absolute atomic E-state index is 13.2. The zero-order valence-corrected chi connectivity index (χ0v) is 18.0. The molecule has 0 aliphatic carbocycles. The number of anilines is 1. The third kappa shape index (κ3) is 4.89. The van der Waals surface area contributed by atoms with Crippen molar-refractivity contribution in [2.75, 3.05) is 17.9 Å². The van der Waals surface area contributed by atoms with Gasteiger partial charge in [-0.15, -0.1) is 0 Å². The molecule has 0 bridgehead atoms. The summed E-state index contributed by atoms with van der Waals surface area (Å²) in [6.07, 6.45) is 0.813. The molecule has 0 aromatic heterocycles. The topological polar surface area (TPSA) is 57.7 Å². The van der Waals surface area contributed by atoms with E-state index in [0.717, 1.165) is 12.0 Å². The largest absolute Gasteiger partial charge is 0.334 e. The summed E-state index contributed by atoms with van der Waals surface area (Å²) in [5, 5.41) is 0. The average Bonchev–Trinajstić information content (AvgIpc) is 2.79. The standard InChI is InChI=1S/C24H26N2O3S/c1-3-17-26(19-20-11-6-4-7-12-20)24(27)21-13-10-16-23(18-21)30(28,29)25(2)22-14-8-5-9-15-22/h4-16,18H,3,17,19H2,1-2H3. The van der Waals surface area contributed by atoms with Crippen molar-refractivity contribution < 1.29 is 13.2 Å². The van der Waals surface area contributed by atoms with E-state index in [9.17, 15) is 13.2 Å². The minimum atomic E-state index is -3.78. The smallest absolute Gasteiger partial charge is 0.264 e. The van der Waals surface area contributed by atoms with Crippen molar-refractivity contribution in [3.05, 3.63) is 96.1 Å². The number of nitrogens with zero attached hydrogens (tertiary/aromatic N) is 2. The number of sulfonamides is 1. The second kappa shape index (κ2) is 9.59. The Balaban J connectivity index is 1.88. The van der Waals surface area contributed by atoms with Crippen molar-refractivity contribution in [3.63, 3.8) is 0 Å². The molecule has 0 aliphatic rings. The van der Waals surface area contributed by atoms with Gasteiger partial charge in [0.2, 0.25) is 0 Å². The predicted octanol–water partition coefficient (Wildman–Crippen LogP) is 4.56. The highest BCUT2D eigenvalue weighted by atomic mass is 32.2. The number of hydrogen-bond donors (Lipinski definition) is 0. The summed E-state index contributed by atoms with van der Waals surface area (Å²) < 4.78 is 27.4. The molecule has 3 rings (SSSR count). The Bertz CT molecular complexity index is 1080. The number of carbonyl (C=O) groups excluding carboxylic acids is 1. The minimum absolute atomic E-state index is 0.0934. The fourth-order valence-corrected chi connectivity index (χ4v) is 4.48. The molecule has 30 heavy (non-hydrogen) atoms. The maximum Gasteiger partial charge on any atom is 0.264 e. The van der Waals surface area contributed by atoms with E-state index in [0.29, 0.717) is 24.3 Å². The molecule has 0 spiro atoms. The third-order valence-corrected chi connectivity index (χ3v) is 6.64. The summed E-state index contributed by atoms with van der Waals surface area (Å²) in [6, 6.07) is 24.9. The molecule has 0 unspecified atom stereocenters. The van der Waals surface area contributed by atoms with Gasteiger partial charge in [0, 0.05) is 25.7 Å². The van der Waals surface area contributed by atoms with Gasteiger partial charge >= 0.3 is 0 Å². The molecule has 0 aliphatic heterocycles. The summed E-state index contributed by atoms with van der Waals surface area (Å²) in [5.41, 5.74) is 1.96. The van der Waals surface area contributed by atoms with E-state index in [2.05, 4.69) is 0 Å². The van der Waals surface area contributed by atoms with Gasteiger partial charge in [0.25, 0.3) is 15.9 Å². The number of benzene rings is 3. The van der Waals surface area contributed by atoms with Crippen LogP contribution in [0.2, 0.25) is 0 Å². The molecule has 5 nitrogen and oxygen atoms in total. The van der Waals surface area contributed by atoms with Gasteiger partial charge in [-0.05, 0) is 42.3 Å². The fourth-order valence-electron chi connectivity index (χ4n) is 3.23. The van der Waals surface area contributed by atoms with Crippen molar-refractivity contribution in [1.29, 1.82) is 0 Å². The summed E-state index contributed by atoms with van der Waals surface area (Å²) in [5.74, 6) is -0.180. The zero-order chi connectivity index (χ0) is 21.6. The fraction of sp³-hybridized carbons (Fsp3) is 0.208. The van der Waals surface area contributed by atoms with E-state index >= 15 is 0 Å². The first kappa shape index (κ1) is 21.6. The van der Waals surface area contributed by atoms with Crippen LogP contribution in [0.25, 0.3) is 0 Å². The highest BCUT2D eigenvalue weighted by molar-refractivity contribution is 7.92. The molecule has 0 atom stereocenters. The maximum atomic E-state index is 13.2. The monoisotopic (exact) mass is 422 g/mol. The van der Waals surface area contributed by atoms with Gasteiger partial charge in [0.1, 0.15) is 0 Å². The third-order valence-electron chi connectivity index (χ3n) is 4.86. The lowest BCUT2D eigenvalue weighted by molar-refractivity contribution is 0.0743. The Morgan fingerprint density at radius 1 is 0.867 bits per heavy atom. The van der Waals surface area contributed by atoms with Gasteiger partial charge in [-0.2, -0.15) is 0 Å². The van der Waals surface area contributed by atoms with Gasteiger partial charge < -0.3 is 4.90 Å². The van der Waals surface area contributed by atoms with Crippen molar-refractivity contribution in [2.24, 2.45) is 0 Å². The first-order valence-corrected chi connectivity index (χ1v) is 11.3. The summed E-state index contributed by atoms with van der Waals surface area (Å²) >= 11 is 0. The van der Waals surface area contributed by atoms with Crippen LogP contribution in [0.3, 0.4) is 0 Å². The lowest BCUT2D eigenvalue weighted by Gasteiger charge is -2.23. The predicted molar refractivity (Wildman–Crippen MR) is 120 cm³/mol. The van der Waals surface area contributed by atoms with Crippen LogP contribution in [0, 0.1) is 0 Å². The van der Waals surface area contributed by atoms with Crippen LogP contribution in [0.15, 0.2) is 89.8 Å². The summed E-state index contributed by atoms with van der Waals surface area (Å²) in [4.78, 5) is 15.0. The van der Waals surface area contributed by atoms with Crippen LogP contribution >= 0.6 is 0 Å². The first-order valence-electron chi connectivity index (χ1n) is 9.90. The molecule has 3 aromatic carbocycles. The van der Waals surface area contributed by atoms with Gasteiger partial charge in [0.15, 0.2) is 0 Å². The highest BCUT2D eigenvalue weighted by Crippen LogP contribution is 2.23. The molecule has 0 saturated carbocycles. The first-order chi connectivity index (χ1) is 14.4. The lowest BCUT2D eigenvalue weighted by atomic mass is 10.1. The molecule has 0 radical (unpaired) electrons. The van der Waals surface area contributed by atoms with Crippen LogP contribution < -0.4 is 4.31 Å². The molecular formula is C24H26N2O3S. The Hall–Kier alpha value is -3.12. The molecule has 1 amide bonds. The minimum Gasteiger partial charge on any atom is -0.334 e. The van der Waals surface area contributed by atoms with Crippen LogP contribution in [0.1, 0.15) is 29.3 Å². The van der Waals surface area contributed by atoms with Gasteiger partial charge in [-0.1, -0.05) is 61.5 Å². The molecule has 3 aromatic rings. The summed E-state index contributed by atoms with van der Waals surface area (Å²) in [6.45, 7) is 3.09. The average molecular weight is 423 g/mol. The van der Waals surface area contributed by atoms with E-state index in [1.165, 1.54) is 23.5 Å². The number of amides is 1. The second-order valence-corrected chi connectivity index (χ2v) is 9.02. The van der Waals surface area contributed by atoms with Crippen molar-refractivity contribution in [1.82, 2.24) is 4.90 Å². The number of hydrogen-bond acceptors (Lipinski definition) is 3. The second-order valence-electron chi connectivity index (χ2n) is 7.05. The molecule has 0 fully saturated rings. The Labute approximate surface area is 178 Å². The van der Waals surface area contributed by atoms with Crippen LogP contribution in [-0.4, -0.2) is 32.8 Å². The normalized spacial score (nSPS) is 11.1. The van der Waals surface area contributed by atoms with E-state index in [-0.39, 0.29) is 10.8 Å². The molecule has 0 heterocycles. The SMILES string of the molecule is CCCN(Cc1ccccc1)C(=O)c1cccc(S(=O)(=O)N(C)c2ccccc2)c1. The molecular weight excluding hydrogens is 396 g/mol. The molecule has 0 N–H and O–H groups in total. The number of rotatable bonds is 8. The van der Waals surface area contributed by atoms with E-state index in [1.54, 1.807) is 41.3 Å². The molecule has 0 saturated heterocycles. The molecule has 6 heteroatoms. The van der Waals surface area contributed by atoms with Crippen molar-refractivity contribution >= 4 is 21.6 Å². The zero-order valence-electron chi connectivity index (χ0n) is 17.2. The van der Waals surface area contributed by atoms with Crippen molar-refractivity contribution in [3.8, 4) is 0 Å². The van der Waals surface area contributed by atoms with Gasteiger partial charge in [0.05, 0.1) is 10.6 Å². The van der Waals surface area contributed by atoms with Gasteiger partial charge in [-0.3, -0.25) is 9.10 Å². The van der Waals surface area contributed by atoms with E-state index in [4.69, 9.17) is 0 Å². The highest BCUT2D eigenvalue weighted by Gasteiger charge is 2.23. The van der Waals surface area contributed by atoms with Crippen LogP contribution in [-0.2, 0) is 16.6 Å². The van der Waals surface area contributed by atoms with Crippen LogP contribution in [0.4, 0.5) is 5.69 Å². The van der Waals surface area contributed by atoms with Gasteiger partial charge in [-0.25, -0.2) is 8.42 Å². The van der Waals surface area contributed by atoms with E-state index in [1.807, 2.05) is 43.3 Å². The Morgan fingerprint density at radius 2 is 1.50 bits per heavy atom. The van der Waals surface area contributed by atoms with E-state index < -0.39 is 10.0 Å². The van der Waals surface area contributed by atoms with Crippen LogP contribution in [0.5, 0.6) is 0 Å². The quantitative estimate of drug-likeness (QED) is 0.535. The Morgan fingerprint density at radius 3 is 2.13 bits per heavy atom. The lowest BCUT2D eigenvalue weighted by Crippen LogP contribution is -2.32. The number of para-hydroxylation sites is 1.